The molecule has 0 bridgehead atoms. The van der Waals surface area contributed by atoms with Crippen molar-refractivity contribution in [3.8, 4) is 0 Å². The van der Waals surface area contributed by atoms with Gasteiger partial charge in [0, 0.05) is 19.7 Å². The molecule has 1 N–H and O–H groups in total. The molecule has 0 unspecified atom stereocenters. The summed E-state index contributed by atoms with van der Waals surface area (Å²) in [4.78, 5) is 10.3. The lowest BCUT2D eigenvalue weighted by atomic mass is 10.2. The molecule has 1 aromatic rings. The van der Waals surface area contributed by atoms with E-state index in [-0.39, 0.29) is 0 Å². The molecule has 2 nitrogen and oxygen atoms in total. The SMILES string of the molecule is O=C(O)/C=C/c1c(Br)cccc1I. The fourth-order valence-corrected chi connectivity index (χ4v) is 2.37. The minimum Gasteiger partial charge on any atom is -0.478 e. The maximum absolute atomic E-state index is 10.3. The molecule has 1 aromatic carbocycles. The molecule has 13 heavy (non-hydrogen) atoms. The summed E-state index contributed by atoms with van der Waals surface area (Å²) in [6, 6.07) is 5.71. The fraction of sp³-hybridized carbons (Fsp3) is 0. The Hall–Kier alpha value is -0.360. The summed E-state index contributed by atoms with van der Waals surface area (Å²) >= 11 is 5.51. The maximum atomic E-state index is 10.3. The van der Waals surface area contributed by atoms with Gasteiger partial charge in [0.25, 0.3) is 0 Å². The molecule has 68 valence electrons. The average molecular weight is 353 g/mol. The van der Waals surface area contributed by atoms with E-state index in [2.05, 4.69) is 38.5 Å². The van der Waals surface area contributed by atoms with Crippen molar-refractivity contribution in [2.24, 2.45) is 0 Å². The second-order valence-corrected chi connectivity index (χ2v) is 4.32. The van der Waals surface area contributed by atoms with Gasteiger partial charge >= 0.3 is 5.97 Å². The summed E-state index contributed by atoms with van der Waals surface area (Å²) in [6.07, 6.45) is 2.70. The van der Waals surface area contributed by atoms with E-state index < -0.39 is 5.97 Å². The number of rotatable bonds is 2. The fourth-order valence-electron chi connectivity index (χ4n) is 0.825. The van der Waals surface area contributed by atoms with Crippen LogP contribution in [0.1, 0.15) is 5.56 Å². The third-order valence-electron chi connectivity index (χ3n) is 1.39. The molecule has 0 aliphatic heterocycles. The van der Waals surface area contributed by atoms with E-state index in [0.29, 0.717) is 0 Å². The third-order valence-corrected chi connectivity index (χ3v) is 3.02. The number of aliphatic carboxylic acids is 1. The Balaban J connectivity index is 3.06. The second-order valence-electron chi connectivity index (χ2n) is 2.31. The van der Waals surface area contributed by atoms with Crippen molar-refractivity contribution in [1.82, 2.24) is 0 Å². The van der Waals surface area contributed by atoms with Crippen molar-refractivity contribution >= 4 is 50.6 Å². The lowest BCUT2D eigenvalue weighted by Crippen LogP contribution is -1.87. The van der Waals surface area contributed by atoms with Crippen LogP contribution < -0.4 is 0 Å². The standard InChI is InChI=1S/C9H6BrIO2/c10-7-2-1-3-8(11)6(7)4-5-9(12)13/h1-5H,(H,12,13)/b5-4+. The molecule has 0 fully saturated rings. The maximum Gasteiger partial charge on any atom is 0.328 e. The van der Waals surface area contributed by atoms with Gasteiger partial charge < -0.3 is 5.11 Å². The summed E-state index contributed by atoms with van der Waals surface area (Å²) in [6.45, 7) is 0. The van der Waals surface area contributed by atoms with Crippen LogP contribution in [-0.2, 0) is 4.79 Å². The topological polar surface area (TPSA) is 37.3 Å². The van der Waals surface area contributed by atoms with E-state index in [1.165, 1.54) is 0 Å². The minimum absolute atomic E-state index is 0.894. The third kappa shape index (κ3) is 3.11. The Kier molecular flexibility index (Phi) is 3.92. The largest absolute Gasteiger partial charge is 0.478 e. The molecule has 0 aromatic heterocycles. The van der Waals surface area contributed by atoms with Gasteiger partial charge in [-0.2, -0.15) is 0 Å². The van der Waals surface area contributed by atoms with Crippen molar-refractivity contribution in [2.75, 3.05) is 0 Å². The number of carboxylic acids is 1. The normalized spacial score (nSPS) is 10.6. The Morgan fingerprint density at radius 2 is 2.23 bits per heavy atom. The van der Waals surface area contributed by atoms with Crippen LogP contribution in [0.4, 0.5) is 0 Å². The number of carbonyl (C=O) groups is 1. The van der Waals surface area contributed by atoms with Gasteiger partial charge in [-0.15, -0.1) is 0 Å². The highest BCUT2D eigenvalue weighted by atomic mass is 127. The van der Waals surface area contributed by atoms with E-state index in [9.17, 15) is 4.79 Å². The van der Waals surface area contributed by atoms with Crippen molar-refractivity contribution in [3.05, 3.63) is 37.9 Å². The first-order valence-corrected chi connectivity index (χ1v) is 5.33. The zero-order valence-electron chi connectivity index (χ0n) is 6.50. The summed E-state index contributed by atoms with van der Waals surface area (Å²) in [7, 11) is 0. The van der Waals surface area contributed by atoms with Crippen molar-refractivity contribution in [2.45, 2.75) is 0 Å². The Labute approximate surface area is 97.9 Å². The predicted molar refractivity (Wildman–Crippen MR) is 63.5 cm³/mol. The first kappa shape index (κ1) is 10.7. The van der Waals surface area contributed by atoms with Gasteiger partial charge in [-0.1, -0.05) is 22.0 Å². The molecule has 0 saturated carbocycles. The van der Waals surface area contributed by atoms with Crippen LogP contribution in [0.15, 0.2) is 28.7 Å². The van der Waals surface area contributed by atoms with Crippen LogP contribution >= 0.6 is 38.5 Å². The molecule has 4 heteroatoms. The molecule has 0 amide bonds. The highest BCUT2D eigenvalue weighted by Gasteiger charge is 2.00. The zero-order chi connectivity index (χ0) is 9.84. The molecular formula is C9H6BrIO2. The van der Waals surface area contributed by atoms with Gasteiger partial charge in [0.2, 0.25) is 0 Å². The Morgan fingerprint density at radius 3 is 2.77 bits per heavy atom. The van der Waals surface area contributed by atoms with Gasteiger partial charge in [-0.05, 0) is 40.8 Å². The van der Waals surface area contributed by atoms with E-state index in [4.69, 9.17) is 5.11 Å². The van der Waals surface area contributed by atoms with E-state index in [1.54, 1.807) is 6.08 Å². The quantitative estimate of drug-likeness (QED) is 0.655. The highest BCUT2D eigenvalue weighted by molar-refractivity contribution is 14.1. The van der Waals surface area contributed by atoms with Crippen LogP contribution in [0.2, 0.25) is 0 Å². The van der Waals surface area contributed by atoms with Crippen LogP contribution in [0, 0.1) is 3.57 Å². The van der Waals surface area contributed by atoms with Crippen LogP contribution in [-0.4, -0.2) is 11.1 Å². The van der Waals surface area contributed by atoms with Crippen LogP contribution in [0.5, 0.6) is 0 Å². The number of halogens is 2. The molecule has 0 radical (unpaired) electrons. The number of hydrogen-bond acceptors (Lipinski definition) is 1. The van der Waals surface area contributed by atoms with E-state index >= 15 is 0 Å². The first-order valence-electron chi connectivity index (χ1n) is 3.46. The Morgan fingerprint density at radius 1 is 1.54 bits per heavy atom. The smallest absolute Gasteiger partial charge is 0.328 e. The van der Waals surface area contributed by atoms with Crippen molar-refractivity contribution < 1.29 is 9.90 Å². The summed E-state index contributed by atoms with van der Waals surface area (Å²) in [5.74, 6) is -0.938. The number of hydrogen-bond donors (Lipinski definition) is 1. The van der Waals surface area contributed by atoms with Crippen molar-refractivity contribution in [3.63, 3.8) is 0 Å². The predicted octanol–water partition coefficient (Wildman–Crippen LogP) is 3.15. The Bertz CT molecular complexity index is 340. The van der Waals surface area contributed by atoms with E-state index in [0.717, 1.165) is 19.7 Å². The molecule has 0 aliphatic carbocycles. The monoisotopic (exact) mass is 352 g/mol. The minimum atomic E-state index is -0.938. The van der Waals surface area contributed by atoms with Gasteiger partial charge in [0.15, 0.2) is 0 Å². The molecule has 0 aliphatic rings. The van der Waals surface area contributed by atoms with E-state index in [1.807, 2.05) is 18.2 Å². The lowest BCUT2D eigenvalue weighted by Gasteiger charge is -2.00. The van der Waals surface area contributed by atoms with Gasteiger partial charge in [-0.25, -0.2) is 4.79 Å². The molecule has 0 saturated heterocycles. The molecule has 1 rings (SSSR count). The number of carboxylic acid groups (broad SMARTS) is 1. The molecular weight excluding hydrogens is 347 g/mol. The van der Waals surface area contributed by atoms with Crippen molar-refractivity contribution in [1.29, 1.82) is 0 Å². The lowest BCUT2D eigenvalue weighted by molar-refractivity contribution is -0.131. The number of benzene rings is 1. The summed E-state index contributed by atoms with van der Waals surface area (Å²) < 4.78 is 1.92. The summed E-state index contributed by atoms with van der Waals surface area (Å²) in [5, 5.41) is 8.45. The highest BCUT2D eigenvalue weighted by Crippen LogP contribution is 2.23. The second kappa shape index (κ2) is 4.76. The zero-order valence-corrected chi connectivity index (χ0v) is 10.2. The van der Waals surface area contributed by atoms with Crippen LogP contribution in [0.25, 0.3) is 6.08 Å². The van der Waals surface area contributed by atoms with Gasteiger partial charge in [0.1, 0.15) is 0 Å². The van der Waals surface area contributed by atoms with Crippen LogP contribution in [0.3, 0.4) is 0 Å². The molecule has 0 atom stereocenters. The molecule has 0 heterocycles. The first-order chi connectivity index (χ1) is 6.11. The van der Waals surface area contributed by atoms with Gasteiger partial charge in [0.05, 0.1) is 0 Å². The molecule has 0 spiro atoms. The average Bonchev–Trinajstić information content (AvgIpc) is 2.03. The van der Waals surface area contributed by atoms with Gasteiger partial charge in [-0.3, -0.25) is 0 Å². The summed E-state index contributed by atoms with van der Waals surface area (Å²) in [5.41, 5.74) is 0.894.